The number of carbonyl (C=O) groups excluding carboxylic acids is 2. The number of rotatable bonds is 6. The van der Waals surface area contributed by atoms with Gasteiger partial charge < -0.3 is 20.5 Å². The predicted octanol–water partition coefficient (Wildman–Crippen LogP) is 2.42. The molecule has 1 amide bonds. The lowest BCUT2D eigenvalue weighted by Gasteiger charge is -2.15. The molecule has 1 aliphatic rings. The second kappa shape index (κ2) is 8.01. The van der Waals surface area contributed by atoms with Crippen molar-refractivity contribution in [3.8, 4) is 11.1 Å². The van der Waals surface area contributed by atoms with Crippen LogP contribution in [-0.4, -0.2) is 38.4 Å². The third-order valence-corrected chi connectivity index (χ3v) is 4.51. The van der Waals surface area contributed by atoms with E-state index >= 15 is 0 Å². The monoisotopic (exact) mass is 354 g/mol. The maximum atomic E-state index is 12.0. The molecule has 6 heteroatoms. The molecule has 0 unspecified atom stereocenters. The van der Waals surface area contributed by atoms with E-state index in [0.29, 0.717) is 0 Å². The van der Waals surface area contributed by atoms with E-state index in [9.17, 15) is 9.59 Å². The molecule has 6 nitrogen and oxygen atoms in total. The average Bonchev–Trinajstić information content (AvgIpc) is 2.98. The van der Waals surface area contributed by atoms with Crippen molar-refractivity contribution in [1.29, 1.82) is 0 Å². The highest BCUT2D eigenvalue weighted by Crippen LogP contribution is 2.44. The number of methoxy groups -OCH3 is 1. The predicted molar refractivity (Wildman–Crippen MR) is 97.7 cm³/mol. The van der Waals surface area contributed by atoms with Gasteiger partial charge in [0.25, 0.3) is 0 Å². The Bertz CT molecular complexity index is 760. The van der Waals surface area contributed by atoms with Crippen LogP contribution in [-0.2, 0) is 14.3 Å². The molecule has 3 rings (SSSR count). The topological polar surface area (TPSA) is 90.6 Å². The van der Waals surface area contributed by atoms with Crippen molar-refractivity contribution in [3.05, 3.63) is 59.7 Å². The van der Waals surface area contributed by atoms with Crippen molar-refractivity contribution in [2.45, 2.75) is 18.4 Å². The highest BCUT2D eigenvalue weighted by atomic mass is 16.5. The van der Waals surface area contributed by atoms with Gasteiger partial charge in [-0.15, -0.1) is 0 Å². The Balaban J connectivity index is 1.58. The molecule has 0 aromatic heterocycles. The van der Waals surface area contributed by atoms with Crippen molar-refractivity contribution in [3.63, 3.8) is 0 Å². The first-order valence-corrected chi connectivity index (χ1v) is 8.51. The summed E-state index contributed by atoms with van der Waals surface area (Å²) in [6, 6.07) is 15.8. The summed E-state index contributed by atoms with van der Waals surface area (Å²) in [4.78, 5) is 23.1. The number of hydrogen-bond acceptors (Lipinski definition) is 5. The largest absolute Gasteiger partial charge is 0.469 e. The molecule has 136 valence electrons. The smallest absolute Gasteiger partial charge is 0.407 e. The Morgan fingerprint density at radius 2 is 1.65 bits per heavy atom. The lowest BCUT2D eigenvalue weighted by atomic mass is 9.98. The lowest BCUT2D eigenvalue weighted by molar-refractivity contribution is -0.140. The quantitative estimate of drug-likeness (QED) is 0.778. The molecule has 2 aromatic rings. The molecule has 0 radical (unpaired) electrons. The number of nitrogens with one attached hydrogen (secondary N) is 1. The van der Waals surface area contributed by atoms with Crippen molar-refractivity contribution >= 4 is 12.1 Å². The minimum absolute atomic E-state index is 0.0110. The van der Waals surface area contributed by atoms with E-state index in [0.717, 1.165) is 11.1 Å². The van der Waals surface area contributed by atoms with Gasteiger partial charge in [0.2, 0.25) is 0 Å². The molecule has 0 saturated carbocycles. The van der Waals surface area contributed by atoms with Crippen LogP contribution in [0.3, 0.4) is 0 Å². The van der Waals surface area contributed by atoms with E-state index in [-0.39, 0.29) is 25.5 Å². The van der Waals surface area contributed by atoms with Gasteiger partial charge in [-0.3, -0.25) is 4.79 Å². The van der Waals surface area contributed by atoms with Crippen LogP contribution >= 0.6 is 0 Å². The fraction of sp³-hybridized carbons (Fsp3) is 0.300. The van der Waals surface area contributed by atoms with Crippen molar-refractivity contribution in [2.24, 2.45) is 5.73 Å². The van der Waals surface area contributed by atoms with Crippen molar-refractivity contribution in [2.75, 3.05) is 20.3 Å². The second-order valence-electron chi connectivity index (χ2n) is 6.25. The van der Waals surface area contributed by atoms with Crippen molar-refractivity contribution < 1.29 is 19.1 Å². The molecule has 1 aliphatic carbocycles. The number of nitrogens with two attached hydrogens (primary N) is 1. The van der Waals surface area contributed by atoms with Gasteiger partial charge in [0.15, 0.2) is 0 Å². The van der Waals surface area contributed by atoms with Gasteiger partial charge in [0.1, 0.15) is 6.61 Å². The zero-order chi connectivity index (χ0) is 18.5. The maximum Gasteiger partial charge on any atom is 0.407 e. The minimum atomic E-state index is -0.549. The Hall–Kier alpha value is -2.86. The van der Waals surface area contributed by atoms with Gasteiger partial charge in [0.05, 0.1) is 13.5 Å². The third-order valence-electron chi connectivity index (χ3n) is 4.51. The summed E-state index contributed by atoms with van der Waals surface area (Å²) in [5.41, 5.74) is 10.4. The number of fused-ring (bicyclic) bond motifs is 3. The third kappa shape index (κ3) is 3.86. The number of benzene rings is 2. The number of esters is 1. The van der Waals surface area contributed by atoms with Crippen LogP contribution < -0.4 is 11.1 Å². The second-order valence-corrected chi connectivity index (χ2v) is 6.25. The highest BCUT2D eigenvalue weighted by molar-refractivity contribution is 5.79. The van der Waals surface area contributed by atoms with E-state index < -0.39 is 18.1 Å². The first-order chi connectivity index (χ1) is 12.6. The van der Waals surface area contributed by atoms with Gasteiger partial charge in [-0.25, -0.2) is 4.79 Å². The molecule has 0 fully saturated rings. The Morgan fingerprint density at radius 3 is 2.23 bits per heavy atom. The van der Waals surface area contributed by atoms with Gasteiger partial charge in [0, 0.05) is 18.5 Å². The molecule has 1 atom stereocenters. The van der Waals surface area contributed by atoms with Crippen LogP contribution in [0.15, 0.2) is 48.5 Å². The van der Waals surface area contributed by atoms with Gasteiger partial charge in [-0.1, -0.05) is 48.5 Å². The first-order valence-electron chi connectivity index (χ1n) is 8.51. The first kappa shape index (κ1) is 17.9. The standard InChI is InChI=1S/C20H22N2O4/c1-25-19(23)10-13(21)11-22-20(24)26-12-18-16-8-4-2-6-14(16)15-7-3-5-9-17(15)18/h2-9,13,18H,10-12,21H2,1H3,(H,22,24)/t13-/m0/s1. The molecule has 0 aliphatic heterocycles. The van der Waals surface area contributed by atoms with Crippen LogP contribution in [0.25, 0.3) is 11.1 Å². The van der Waals surface area contributed by atoms with E-state index in [4.69, 9.17) is 10.5 Å². The molecule has 0 saturated heterocycles. The molecule has 0 bridgehead atoms. The normalized spacial score (nSPS) is 13.5. The van der Waals surface area contributed by atoms with Gasteiger partial charge >= 0.3 is 12.1 Å². The van der Waals surface area contributed by atoms with Crippen LogP contribution in [0.4, 0.5) is 4.79 Å². The summed E-state index contributed by atoms with van der Waals surface area (Å²) in [6.07, 6.45) is -0.507. The summed E-state index contributed by atoms with van der Waals surface area (Å²) < 4.78 is 9.95. The van der Waals surface area contributed by atoms with Crippen LogP contribution in [0.2, 0.25) is 0 Å². The number of ether oxygens (including phenoxy) is 2. The zero-order valence-corrected chi connectivity index (χ0v) is 14.6. The zero-order valence-electron chi connectivity index (χ0n) is 14.6. The lowest BCUT2D eigenvalue weighted by Crippen LogP contribution is -2.39. The van der Waals surface area contributed by atoms with E-state index in [1.54, 1.807) is 0 Å². The van der Waals surface area contributed by atoms with Crippen LogP contribution in [0.1, 0.15) is 23.5 Å². The molecular formula is C20H22N2O4. The average molecular weight is 354 g/mol. The fourth-order valence-corrected chi connectivity index (χ4v) is 3.23. The maximum absolute atomic E-state index is 12.0. The number of alkyl carbamates (subject to hydrolysis) is 1. The molecule has 0 spiro atoms. The summed E-state index contributed by atoms with van der Waals surface area (Å²) in [5.74, 6) is -0.399. The Kier molecular flexibility index (Phi) is 5.53. The summed E-state index contributed by atoms with van der Waals surface area (Å²) in [5, 5.41) is 2.59. The Labute approximate surface area is 152 Å². The fourth-order valence-electron chi connectivity index (χ4n) is 3.23. The SMILES string of the molecule is COC(=O)C[C@H](N)CNC(=O)OCC1c2ccccc2-c2ccccc21. The van der Waals surface area contributed by atoms with Gasteiger partial charge in [-0.2, -0.15) is 0 Å². The molecule has 2 aromatic carbocycles. The van der Waals surface area contributed by atoms with Crippen LogP contribution in [0.5, 0.6) is 0 Å². The molecule has 0 heterocycles. The summed E-state index contributed by atoms with van der Waals surface area (Å²) in [6.45, 7) is 0.387. The molecule has 3 N–H and O–H groups in total. The Morgan fingerprint density at radius 1 is 1.08 bits per heavy atom. The molecular weight excluding hydrogens is 332 g/mol. The summed E-state index contributed by atoms with van der Waals surface area (Å²) in [7, 11) is 1.30. The van der Waals surface area contributed by atoms with E-state index in [1.165, 1.54) is 18.2 Å². The summed E-state index contributed by atoms with van der Waals surface area (Å²) >= 11 is 0. The van der Waals surface area contributed by atoms with Crippen molar-refractivity contribution in [1.82, 2.24) is 5.32 Å². The molecule has 26 heavy (non-hydrogen) atoms. The van der Waals surface area contributed by atoms with Crippen LogP contribution in [0, 0.1) is 0 Å². The highest BCUT2D eigenvalue weighted by Gasteiger charge is 2.29. The number of amides is 1. The number of hydrogen-bond donors (Lipinski definition) is 2. The van der Waals surface area contributed by atoms with Gasteiger partial charge in [-0.05, 0) is 22.3 Å². The van der Waals surface area contributed by atoms with E-state index in [1.807, 2.05) is 24.3 Å². The number of carbonyl (C=O) groups is 2. The minimum Gasteiger partial charge on any atom is -0.469 e. The van der Waals surface area contributed by atoms with E-state index in [2.05, 4.69) is 34.3 Å².